The summed E-state index contributed by atoms with van der Waals surface area (Å²) in [6.45, 7) is 2.15. The van der Waals surface area contributed by atoms with Crippen molar-refractivity contribution in [2.45, 2.75) is 26.2 Å². The van der Waals surface area contributed by atoms with Gasteiger partial charge in [-0.25, -0.2) is 4.90 Å². The SMILES string of the molecule is COc1ccccc1N1C(=O)[C@H]2C[C@H](C)CC[C@H]2C1=O. The summed E-state index contributed by atoms with van der Waals surface area (Å²) in [5, 5.41) is 0. The van der Waals surface area contributed by atoms with E-state index in [0.29, 0.717) is 17.4 Å². The lowest BCUT2D eigenvalue weighted by molar-refractivity contribution is -0.122. The molecular formula is C16H19NO3. The van der Waals surface area contributed by atoms with Crippen LogP contribution in [-0.2, 0) is 9.59 Å². The van der Waals surface area contributed by atoms with E-state index in [2.05, 4.69) is 6.92 Å². The van der Waals surface area contributed by atoms with Gasteiger partial charge in [0, 0.05) is 0 Å². The second-order valence-corrected chi connectivity index (χ2v) is 5.81. The van der Waals surface area contributed by atoms with Gasteiger partial charge in [-0.1, -0.05) is 19.1 Å². The molecule has 1 aromatic carbocycles. The highest BCUT2D eigenvalue weighted by molar-refractivity contribution is 6.22. The quantitative estimate of drug-likeness (QED) is 0.778. The van der Waals surface area contributed by atoms with Crippen molar-refractivity contribution in [3.05, 3.63) is 24.3 Å². The number of hydrogen-bond donors (Lipinski definition) is 0. The van der Waals surface area contributed by atoms with Crippen LogP contribution in [0.25, 0.3) is 0 Å². The molecule has 1 saturated heterocycles. The molecule has 1 saturated carbocycles. The zero-order valence-electron chi connectivity index (χ0n) is 11.8. The molecule has 4 nitrogen and oxygen atoms in total. The van der Waals surface area contributed by atoms with E-state index in [9.17, 15) is 9.59 Å². The minimum atomic E-state index is -0.142. The zero-order valence-corrected chi connectivity index (χ0v) is 11.8. The molecule has 2 fully saturated rings. The van der Waals surface area contributed by atoms with Crippen molar-refractivity contribution in [3.63, 3.8) is 0 Å². The van der Waals surface area contributed by atoms with E-state index in [-0.39, 0.29) is 23.7 Å². The molecular weight excluding hydrogens is 254 g/mol. The molecule has 1 aliphatic carbocycles. The minimum Gasteiger partial charge on any atom is -0.495 e. The fourth-order valence-corrected chi connectivity index (χ4v) is 3.44. The molecule has 4 heteroatoms. The maximum atomic E-state index is 12.6. The van der Waals surface area contributed by atoms with Gasteiger partial charge in [0.05, 0.1) is 24.6 Å². The third-order valence-electron chi connectivity index (χ3n) is 4.51. The third-order valence-corrected chi connectivity index (χ3v) is 4.51. The third kappa shape index (κ3) is 1.90. The van der Waals surface area contributed by atoms with Crippen molar-refractivity contribution in [3.8, 4) is 5.75 Å². The summed E-state index contributed by atoms with van der Waals surface area (Å²) in [6.07, 6.45) is 2.67. The lowest BCUT2D eigenvalue weighted by Gasteiger charge is -2.25. The molecule has 106 valence electrons. The fraction of sp³-hybridized carbons (Fsp3) is 0.500. The number of carbonyl (C=O) groups is 2. The Balaban J connectivity index is 1.98. The van der Waals surface area contributed by atoms with Gasteiger partial charge >= 0.3 is 0 Å². The van der Waals surface area contributed by atoms with Crippen LogP contribution < -0.4 is 9.64 Å². The predicted octanol–water partition coefficient (Wildman–Crippen LogP) is 2.62. The van der Waals surface area contributed by atoms with Crippen LogP contribution in [0.5, 0.6) is 5.75 Å². The molecule has 2 aliphatic rings. The number of rotatable bonds is 2. The standard InChI is InChI=1S/C16H19NO3/c1-10-7-8-11-12(9-10)16(19)17(15(11)18)13-5-3-4-6-14(13)20-2/h3-6,10-12H,7-9H2,1-2H3/t10-,11-,12+/m1/s1. The van der Waals surface area contributed by atoms with Crippen LogP contribution in [0.1, 0.15) is 26.2 Å². The number of methoxy groups -OCH3 is 1. The van der Waals surface area contributed by atoms with Crippen molar-refractivity contribution in [1.29, 1.82) is 0 Å². The maximum absolute atomic E-state index is 12.6. The van der Waals surface area contributed by atoms with Gasteiger partial charge < -0.3 is 4.74 Å². The van der Waals surface area contributed by atoms with E-state index in [4.69, 9.17) is 4.74 Å². The number of carbonyl (C=O) groups excluding carboxylic acids is 2. The van der Waals surface area contributed by atoms with E-state index in [0.717, 1.165) is 19.3 Å². The fourth-order valence-electron chi connectivity index (χ4n) is 3.44. The first-order valence-electron chi connectivity index (χ1n) is 7.14. The van der Waals surface area contributed by atoms with Gasteiger partial charge in [-0.3, -0.25) is 9.59 Å². The first-order valence-corrected chi connectivity index (χ1v) is 7.14. The van der Waals surface area contributed by atoms with Crippen LogP contribution >= 0.6 is 0 Å². The van der Waals surface area contributed by atoms with Crippen molar-refractivity contribution in [2.24, 2.45) is 17.8 Å². The summed E-state index contributed by atoms with van der Waals surface area (Å²) in [5.41, 5.74) is 0.576. The van der Waals surface area contributed by atoms with Crippen LogP contribution in [0.15, 0.2) is 24.3 Å². The zero-order chi connectivity index (χ0) is 14.3. The van der Waals surface area contributed by atoms with E-state index in [1.54, 1.807) is 19.2 Å². The van der Waals surface area contributed by atoms with Gasteiger partial charge in [-0.05, 0) is 37.3 Å². The van der Waals surface area contributed by atoms with Gasteiger partial charge in [-0.2, -0.15) is 0 Å². The summed E-state index contributed by atoms with van der Waals surface area (Å²) in [4.78, 5) is 26.5. The first-order chi connectivity index (χ1) is 9.63. The number of imide groups is 1. The normalized spacial score (nSPS) is 29.5. The number of amides is 2. The van der Waals surface area contributed by atoms with Crippen molar-refractivity contribution < 1.29 is 14.3 Å². The number of fused-ring (bicyclic) bond motifs is 1. The van der Waals surface area contributed by atoms with Crippen molar-refractivity contribution in [2.75, 3.05) is 12.0 Å². The highest BCUT2D eigenvalue weighted by Gasteiger charge is 2.50. The lowest BCUT2D eigenvalue weighted by Crippen LogP contribution is -2.31. The largest absolute Gasteiger partial charge is 0.495 e. The van der Waals surface area contributed by atoms with Gasteiger partial charge in [-0.15, -0.1) is 0 Å². The molecule has 0 aromatic heterocycles. The lowest BCUT2D eigenvalue weighted by atomic mass is 9.76. The Morgan fingerprint density at radius 2 is 1.80 bits per heavy atom. The first kappa shape index (κ1) is 13.2. The molecule has 0 radical (unpaired) electrons. The monoisotopic (exact) mass is 273 g/mol. The maximum Gasteiger partial charge on any atom is 0.237 e. The highest BCUT2D eigenvalue weighted by atomic mass is 16.5. The number of para-hydroxylation sites is 2. The second kappa shape index (κ2) is 4.93. The number of nitrogens with zero attached hydrogens (tertiary/aromatic N) is 1. The molecule has 20 heavy (non-hydrogen) atoms. The van der Waals surface area contributed by atoms with Crippen LogP contribution in [0.2, 0.25) is 0 Å². The Labute approximate surface area is 118 Å². The van der Waals surface area contributed by atoms with Gasteiger partial charge in [0.2, 0.25) is 11.8 Å². The Morgan fingerprint density at radius 1 is 1.10 bits per heavy atom. The predicted molar refractivity (Wildman–Crippen MR) is 75.5 cm³/mol. The molecule has 0 unspecified atom stereocenters. The van der Waals surface area contributed by atoms with Gasteiger partial charge in [0.25, 0.3) is 0 Å². The molecule has 0 bridgehead atoms. The molecule has 3 atom stereocenters. The number of anilines is 1. The van der Waals surface area contributed by atoms with Crippen LogP contribution in [-0.4, -0.2) is 18.9 Å². The second-order valence-electron chi connectivity index (χ2n) is 5.81. The molecule has 0 N–H and O–H groups in total. The average Bonchev–Trinajstić information content (AvgIpc) is 2.70. The summed E-state index contributed by atoms with van der Waals surface area (Å²) in [7, 11) is 1.55. The molecule has 0 spiro atoms. The summed E-state index contributed by atoms with van der Waals surface area (Å²) in [6, 6.07) is 7.21. The molecule has 1 heterocycles. The Morgan fingerprint density at radius 3 is 2.55 bits per heavy atom. The molecule has 3 rings (SSSR count). The number of hydrogen-bond acceptors (Lipinski definition) is 3. The van der Waals surface area contributed by atoms with E-state index < -0.39 is 0 Å². The van der Waals surface area contributed by atoms with E-state index in [1.165, 1.54) is 4.90 Å². The topological polar surface area (TPSA) is 46.6 Å². The average molecular weight is 273 g/mol. The van der Waals surface area contributed by atoms with E-state index in [1.807, 2.05) is 12.1 Å². The van der Waals surface area contributed by atoms with Crippen molar-refractivity contribution >= 4 is 17.5 Å². The van der Waals surface area contributed by atoms with Gasteiger partial charge in [0.15, 0.2) is 0 Å². The van der Waals surface area contributed by atoms with Crippen LogP contribution in [0, 0.1) is 17.8 Å². The van der Waals surface area contributed by atoms with Crippen LogP contribution in [0.3, 0.4) is 0 Å². The van der Waals surface area contributed by atoms with Gasteiger partial charge in [0.1, 0.15) is 5.75 Å². The Bertz CT molecular complexity index is 554. The Kier molecular flexibility index (Phi) is 3.24. The smallest absolute Gasteiger partial charge is 0.237 e. The minimum absolute atomic E-state index is 0.0589. The number of ether oxygens (including phenoxy) is 1. The van der Waals surface area contributed by atoms with E-state index >= 15 is 0 Å². The summed E-state index contributed by atoms with van der Waals surface area (Å²) >= 11 is 0. The number of benzene rings is 1. The molecule has 2 amide bonds. The summed E-state index contributed by atoms with van der Waals surface area (Å²) in [5.74, 6) is 0.693. The Hall–Kier alpha value is -1.84. The molecule has 1 aromatic rings. The highest BCUT2D eigenvalue weighted by Crippen LogP contribution is 2.43. The summed E-state index contributed by atoms with van der Waals surface area (Å²) < 4.78 is 5.28. The molecule has 1 aliphatic heterocycles. The van der Waals surface area contributed by atoms with Crippen LogP contribution in [0.4, 0.5) is 5.69 Å². The van der Waals surface area contributed by atoms with Crippen molar-refractivity contribution in [1.82, 2.24) is 0 Å².